The summed E-state index contributed by atoms with van der Waals surface area (Å²) >= 11 is 0. The summed E-state index contributed by atoms with van der Waals surface area (Å²) in [5.74, 6) is 0.903. The molecule has 2 nitrogen and oxygen atoms in total. The molecule has 20 heavy (non-hydrogen) atoms. The van der Waals surface area contributed by atoms with Crippen molar-refractivity contribution in [1.82, 2.24) is 4.90 Å². The molecule has 1 aromatic rings. The largest absolute Gasteiger partial charge is 0.323 e. The Morgan fingerprint density at radius 1 is 1.10 bits per heavy atom. The van der Waals surface area contributed by atoms with Crippen LogP contribution in [0.25, 0.3) is 0 Å². The van der Waals surface area contributed by atoms with Crippen molar-refractivity contribution in [1.29, 1.82) is 0 Å². The molecule has 0 heterocycles. The van der Waals surface area contributed by atoms with Crippen LogP contribution in [0.15, 0.2) is 24.3 Å². The summed E-state index contributed by atoms with van der Waals surface area (Å²) in [5.41, 5.74) is 9.03. The Balaban J connectivity index is 1.98. The molecular formula is C18H30N2. The average molecular weight is 274 g/mol. The molecule has 1 fully saturated rings. The maximum absolute atomic E-state index is 6.48. The van der Waals surface area contributed by atoms with Crippen LogP contribution >= 0.6 is 0 Å². The van der Waals surface area contributed by atoms with Gasteiger partial charge in [-0.15, -0.1) is 0 Å². The first kappa shape index (κ1) is 15.5. The van der Waals surface area contributed by atoms with Gasteiger partial charge in [0.2, 0.25) is 0 Å². The highest BCUT2D eigenvalue weighted by Gasteiger charge is 2.27. The van der Waals surface area contributed by atoms with Gasteiger partial charge in [-0.05, 0) is 58.1 Å². The topological polar surface area (TPSA) is 29.3 Å². The normalized spacial score (nSPS) is 26.5. The molecule has 1 aliphatic carbocycles. The van der Waals surface area contributed by atoms with E-state index in [0.29, 0.717) is 12.1 Å². The number of nitrogens with zero attached hydrogens (tertiary/aromatic N) is 1. The van der Waals surface area contributed by atoms with Gasteiger partial charge >= 0.3 is 0 Å². The zero-order valence-corrected chi connectivity index (χ0v) is 13.5. The van der Waals surface area contributed by atoms with Gasteiger partial charge in [0.25, 0.3) is 0 Å². The highest BCUT2D eigenvalue weighted by Crippen LogP contribution is 2.29. The van der Waals surface area contributed by atoms with Crippen LogP contribution in [-0.4, -0.2) is 24.0 Å². The van der Waals surface area contributed by atoms with Crippen LogP contribution in [0.2, 0.25) is 0 Å². The van der Waals surface area contributed by atoms with E-state index in [4.69, 9.17) is 5.73 Å². The fraction of sp³-hybridized carbons (Fsp3) is 0.667. The van der Waals surface area contributed by atoms with E-state index in [2.05, 4.69) is 57.0 Å². The molecule has 0 bridgehead atoms. The zero-order chi connectivity index (χ0) is 14.7. The maximum Gasteiger partial charge on any atom is 0.0450 e. The third-order valence-electron chi connectivity index (χ3n) is 5.19. The number of benzene rings is 1. The predicted octanol–water partition coefficient (Wildman–Crippen LogP) is 3.89. The molecule has 0 aromatic heterocycles. The van der Waals surface area contributed by atoms with E-state index in [-0.39, 0.29) is 6.04 Å². The molecule has 0 spiro atoms. The molecule has 2 unspecified atom stereocenters. The number of aryl methyl sites for hydroxylation is 1. The fourth-order valence-electron chi connectivity index (χ4n) is 3.30. The van der Waals surface area contributed by atoms with Gasteiger partial charge in [-0.25, -0.2) is 0 Å². The van der Waals surface area contributed by atoms with E-state index in [1.165, 1.54) is 36.8 Å². The Morgan fingerprint density at radius 3 is 2.20 bits per heavy atom. The summed E-state index contributed by atoms with van der Waals surface area (Å²) < 4.78 is 0. The molecule has 1 aromatic carbocycles. The van der Waals surface area contributed by atoms with E-state index in [1.54, 1.807) is 0 Å². The number of hydrogen-bond acceptors (Lipinski definition) is 2. The minimum Gasteiger partial charge on any atom is -0.323 e. The Morgan fingerprint density at radius 2 is 1.65 bits per heavy atom. The summed E-state index contributed by atoms with van der Waals surface area (Å²) in [6.07, 6.45) is 5.37. The summed E-state index contributed by atoms with van der Waals surface area (Å²) in [6.45, 7) is 6.76. The molecule has 0 aliphatic heterocycles. The summed E-state index contributed by atoms with van der Waals surface area (Å²) in [4.78, 5) is 2.51. The van der Waals surface area contributed by atoms with Crippen molar-refractivity contribution in [2.75, 3.05) is 7.05 Å². The van der Waals surface area contributed by atoms with Gasteiger partial charge in [0.15, 0.2) is 0 Å². The second kappa shape index (κ2) is 6.73. The first-order valence-electron chi connectivity index (χ1n) is 8.03. The van der Waals surface area contributed by atoms with Crippen LogP contribution < -0.4 is 5.73 Å². The minimum absolute atomic E-state index is 0.0972. The zero-order valence-electron chi connectivity index (χ0n) is 13.5. The van der Waals surface area contributed by atoms with Crippen molar-refractivity contribution >= 4 is 0 Å². The van der Waals surface area contributed by atoms with E-state index in [9.17, 15) is 0 Å². The first-order valence-corrected chi connectivity index (χ1v) is 8.03. The molecular weight excluding hydrogens is 244 g/mol. The third-order valence-corrected chi connectivity index (χ3v) is 5.19. The van der Waals surface area contributed by atoms with Gasteiger partial charge in [-0.1, -0.05) is 36.8 Å². The van der Waals surface area contributed by atoms with E-state index in [0.717, 1.165) is 5.92 Å². The molecule has 1 aliphatic rings. The van der Waals surface area contributed by atoms with Crippen molar-refractivity contribution in [3.63, 3.8) is 0 Å². The Bertz CT molecular complexity index is 404. The number of rotatable bonds is 4. The van der Waals surface area contributed by atoms with E-state index in [1.807, 2.05) is 0 Å². The smallest absolute Gasteiger partial charge is 0.0450 e. The van der Waals surface area contributed by atoms with E-state index < -0.39 is 0 Å². The van der Waals surface area contributed by atoms with Crippen molar-refractivity contribution < 1.29 is 0 Å². The van der Waals surface area contributed by atoms with Gasteiger partial charge in [-0.2, -0.15) is 0 Å². The molecule has 2 N–H and O–H groups in total. The van der Waals surface area contributed by atoms with Crippen molar-refractivity contribution in [3.8, 4) is 0 Å². The van der Waals surface area contributed by atoms with Crippen LogP contribution in [0.1, 0.15) is 56.7 Å². The van der Waals surface area contributed by atoms with Crippen LogP contribution in [0.4, 0.5) is 0 Å². The maximum atomic E-state index is 6.48. The fourth-order valence-corrected chi connectivity index (χ4v) is 3.30. The molecule has 0 radical (unpaired) electrons. The van der Waals surface area contributed by atoms with Gasteiger partial charge in [-0.3, -0.25) is 4.90 Å². The molecule has 2 rings (SSSR count). The van der Waals surface area contributed by atoms with Crippen LogP contribution in [-0.2, 0) is 0 Å². The minimum atomic E-state index is 0.0972. The number of likely N-dealkylation sites (N-methyl/N-ethyl adjacent to an activating group) is 1. The van der Waals surface area contributed by atoms with E-state index >= 15 is 0 Å². The molecule has 0 amide bonds. The standard InChI is InChI=1S/C18H30N2/c1-13-5-9-16(10-6-13)18(19)15(3)20(4)17-11-7-14(2)8-12-17/h5-6,9-10,14-15,17-18H,7-8,11-12,19H2,1-4H3. The molecule has 112 valence electrons. The lowest BCUT2D eigenvalue weighted by molar-refractivity contribution is 0.117. The molecule has 2 atom stereocenters. The predicted molar refractivity (Wildman–Crippen MR) is 86.8 cm³/mol. The second-order valence-corrected chi connectivity index (χ2v) is 6.76. The number of nitrogens with two attached hydrogens (primary N) is 1. The lowest BCUT2D eigenvalue weighted by Crippen LogP contribution is -2.45. The van der Waals surface area contributed by atoms with Gasteiger partial charge in [0.05, 0.1) is 0 Å². The Labute approximate surface area is 124 Å². The van der Waals surface area contributed by atoms with Gasteiger partial charge in [0, 0.05) is 18.1 Å². The molecule has 2 heteroatoms. The van der Waals surface area contributed by atoms with Crippen LogP contribution in [0.3, 0.4) is 0 Å². The lowest BCUT2D eigenvalue weighted by Gasteiger charge is -2.39. The summed E-state index contributed by atoms with van der Waals surface area (Å²) in [7, 11) is 2.25. The highest BCUT2D eigenvalue weighted by atomic mass is 15.2. The Hall–Kier alpha value is -0.860. The first-order chi connectivity index (χ1) is 9.49. The molecule has 1 saturated carbocycles. The summed E-state index contributed by atoms with van der Waals surface area (Å²) in [6, 6.07) is 9.85. The monoisotopic (exact) mass is 274 g/mol. The number of hydrogen-bond donors (Lipinski definition) is 1. The average Bonchev–Trinajstić information content (AvgIpc) is 2.46. The van der Waals surface area contributed by atoms with Crippen LogP contribution in [0, 0.1) is 12.8 Å². The van der Waals surface area contributed by atoms with Crippen molar-refractivity contribution in [2.24, 2.45) is 11.7 Å². The summed E-state index contributed by atoms with van der Waals surface area (Å²) in [5, 5.41) is 0. The molecule has 0 saturated heterocycles. The quantitative estimate of drug-likeness (QED) is 0.902. The van der Waals surface area contributed by atoms with Crippen molar-refractivity contribution in [3.05, 3.63) is 35.4 Å². The lowest BCUT2D eigenvalue weighted by atomic mass is 9.85. The highest BCUT2D eigenvalue weighted by molar-refractivity contribution is 5.24. The van der Waals surface area contributed by atoms with Gasteiger partial charge < -0.3 is 5.73 Å². The van der Waals surface area contributed by atoms with Crippen LogP contribution in [0.5, 0.6) is 0 Å². The van der Waals surface area contributed by atoms with Crippen molar-refractivity contribution in [2.45, 2.75) is 64.6 Å². The second-order valence-electron chi connectivity index (χ2n) is 6.76. The SMILES string of the molecule is Cc1ccc(C(N)C(C)N(C)C2CCC(C)CC2)cc1. The Kier molecular flexibility index (Phi) is 5.22. The third kappa shape index (κ3) is 3.62. The van der Waals surface area contributed by atoms with Gasteiger partial charge in [0.1, 0.15) is 0 Å².